The van der Waals surface area contributed by atoms with Gasteiger partial charge in [0.25, 0.3) is 5.97 Å². The van der Waals surface area contributed by atoms with Crippen molar-refractivity contribution in [2.45, 2.75) is 12.8 Å². The van der Waals surface area contributed by atoms with Gasteiger partial charge in [0.15, 0.2) is 0 Å². The van der Waals surface area contributed by atoms with Gasteiger partial charge in [0.1, 0.15) is 0 Å². The van der Waals surface area contributed by atoms with E-state index in [2.05, 4.69) is 12.8 Å². The Morgan fingerprint density at radius 3 is 2.28 bits per heavy atom. The fourth-order valence-corrected chi connectivity index (χ4v) is 1.81. The molecular formula is C14H16K2O2-2. The van der Waals surface area contributed by atoms with Crippen LogP contribution in [0.3, 0.4) is 0 Å². The van der Waals surface area contributed by atoms with E-state index in [-0.39, 0.29) is 115 Å². The largest absolute Gasteiger partial charge is 1.00 e. The Balaban J connectivity index is 0.00000144. The van der Waals surface area contributed by atoms with Crippen molar-refractivity contribution >= 4 is 5.97 Å². The molecule has 4 heteroatoms. The average Bonchev–Trinajstić information content (AvgIpc) is 2.38. The zero-order chi connectivity index (χ0) is 11.2. The van der Waals surface area contributed by atoms with Crippen molar-refractivity contribution in [2.75, 3.05) is 6.61 Å². The normalized spacial score (nSPS) is 24.0. The Morgan fingerprint density at radius 2 is 1.72 bits per heavy atom. The van der Waals surface area contributed by atoms with E-state index < -0.39 is 0 Å². The van der Waals surface area contributed by atoms with Crippen LogP contribution in [0, 0.1) is 37.5 Å². The predicted molar refractivity (Wildman–Crippen MR) is 62.7 cm³/mol. The van der Waals surface area contributed by atoms with Gasteiger partial charge in [-0.15, -0.1) is 12.8 Å². The number of allylic oxidation sites excluding steroid dienone is 4. The van der Waals surface area contributed by atoms with E-state index in [1.54, 1.807) is 0 Å². The zero-order valence-corrected chi connectivity index (χ0v) is 17.5. The number of carbonyl (C=O) groups excluding carboxylic acids is 1. The van der Waals surface area contributed by atoms with Gasteiger partial charge in [-0.1, -0.05) is 5.92 Å². The standard InChI is InChI=1S/C14H16O2.2K/c15-14(13-9-5-2-6-10-13)16-11-12-7-3-1-4-8-12;;/h1-7,9,12-13H,8,10-11H2;;/q-4;2*+1. The first-order chi connectivity index (χ1) is 7.86. The number of carbonyl (C=O) groups is 1. The molecule has 2 atom stereocenters. The third-order valence-electron chi connectivity index (χ3n) is 2.79. The van der Waals surface area contributed by atoms with Crippen molar-refractivity contribution in [3.63, 3.8) is 0 Å². The minimum atomic E-state index is -0.108. The molecule has 0 spiro atoms. The molecule has 88 valence electrons. The van der Waals surface area contributed by atoms with Crippen LogP contribution >= 0.6 is 0 Å². The van der Waals surface area contributed by atoms with E-state index in [9.17, 15) is 4.79 Å². The maximum Gasteiger partial charge on any atom is 1.00 e. The smallest absolute Gasteiger partial charge is 0.467 e. The molecule has 2 unspecified atom stereocenters. The first-order valence-corrected chi connectivity index (χ1v) is 5.69. The van der Waals surface area contributed by atoms with Gasteiger partial charge in [-0.3, -0.25) is 4.79 Å². The fourth-order valence-electron chi connectivity index (χ4n) is 1.81. The molecule has 2 nitrogen and oxygen atoms in total. The van der Waals surface area contributed by atoms with Crippen molar-refractivity contribution in [3.05, 3.63) is 50.0 Å². The number of esters is 1. The topological polar surface area (TPSA) is 26.3 Å². The predicted octanol–water partition coefficient (Wildman–Crippen LogP) is -3.49. The SMILES string of the molecule is O=C(OCC1[CH-]C=C[CH-]C1)C1[CH-]C=C[CH-]C1.[K+].[K+]. The van der Waals surface area contributed by atoms with Gasteiger partial charge >= 0.3 is 103 Å². The summed E-state index contributed by atoms with van der Waals surface area (Å²) in [5, 5.41) is 0. The van der Waals surface area contributed by atoms with Crippen LogP contribution in [0.1, 0.15) is 12.8 Å². The maximum atomic E-state index is 11.7. The van der Waals surface area contributed by atoms with E-state index in [1.165, 1.54) is 0 Å². The molecule has 0 bridgehead atoms. The van der Waals surface area contributed by atoms with Crippen molar-refractivity contribution in [1.82, 2.24) is 0 Å². The summed E-state index contributed by atoms with van der Waals surface area (Å²) in [6.45, 7) is 0.494. The molecule has 0 amide bonds. The summed E-state index contributed by atoms with van der Waals surface area (Å²) in [7, 11) is 0. The average molecular weight is 294 g/mol. The fraction of sp³-hybridized carbons (Fsp3) is 0.357. The van der Waals surface area contributed by atoms with Crippen LogP contribution in [-0.2, 0) is 9.53 Å². The summed E-state index contributed by atoms with van der Waals surface area (Å²) in [5.41, 5.74) is 0. The molecule has 0 aromatic carbocycles. The third-order valence-corrected chi connectivity index (χ3v) is 2.79. The van der Waals surface area contributed by atoms with Gasteiger partial charge < -0.3 is 54.7 Å². The van der Waals surface area contributed by atoms with E-state index in [4.69, 9.17) is 4.74 Å². The molecule has 0 aliphatic heterocycles. The molecule has 0 fully saturated rings. The van der Waals surface area contributed by atoms with Gasteiger partial charge in [0, 0.05) is 0 Å². The van der Waals surface area contributed by atoms with E-state index in [0.717, 1.165) is 12.8 Å². The summed E-state index contributed by atoms with van der Waals surface area (Å²) in [4.78, 5) is 11.7. The van der Waals surface area contributed by atoms with E-state index >= 15 is 0 Å². The van der Waals surface area contributed by atoms with Crippen LogP contribution in [0.5, 0.6) is 0 Å². The van der Waals surface area contributed by atoms with Crippen LogP contribution in [0.15, 0.2) is 24.3 Å². The maximum absolute atomic E-state index is 11.7. The molecule has 0 aromatic rings. The second-order valence-electron chi connectivity index (χ2n) is 4.09. The van der Waals surface area contributed by atoms with Crippen LogP contribution in [0.2, 0.25) is 0 Å². The Bertz CT molecular complexity index is 300. The van der Waals surface area contributed by atoms with Gasteiger partial charge in [-0.05, 0) is 5.92 Å². The molecule has 0 saturated heterocycles. The monoisotopic (exact) mass is 294 g/mol. The summed E-state index contributed by atoms with van der Waals surface area (Å²) in [6.07, 6.45) is 17.7. The zero-order valence-electron chi connectivity index (χ0n) is 11.2. The van der Waals surface area contributed by atoms with E-state index in [0.29, 0.717) is 12.5 Å². The first-order valence-electron chi connectivity index (χ1n) is 5.69. The van der Waals surface area contributed by atoms with Crippen molar-refractivity contribution in [1.29, 1.82) is 0 Å². The molecule has 0 aromatic heterocycles. The molecular weight excluding hydrogens is 278 g/mol. The Hall–Kier alpha value is 1.70. The third kappa shape index (κ3) is 6.93. The van der Waals surface area contributed by atoms with Crippen LogP contribution in [0.4, 0.5) is 0 Å². The summed E-state index contributed by atoms with van der Waals surface area (Å²) in [5.74, 6) is 0.147. The number of hydrogen-bond donors (Lipinski definition) is 0. The van der Waals surface area contributed by atoms with Gasteiger partial charge in [0.2, 0.25) is 0 Å². The second-order valence-corrected chi connectivity index (χ2v) is 4.09. The molecule has 2 aliphatic rings. The van der Waals surface area contributed by atoms with Gasteiger partial charge in [-0.25, -0.2) is 0 Å². The molecule has 0 saturated carbocycles. The Kier molecular flexibility index (Phi) is 12.4. The Labute approximate surface area is 195 Å². The molecule has 18 heavy (non-hydrogen) atoms. The molecule has 0 radical (unpaired) electrons. The second kappa shape index (κ2) is 11.4. The first kappa shape index (κ1) is 19.7. The van der Waals surface area contributed by atoms with Gasteiger partial charge in [-0.2, -0.15) is 0 Å². The Morgan fingerprint density at radius 1 is 1.06 bits per heavy atom. The summed E-state index contributed by atoms with van der Waals surface area (Å²) < 4.78 is 5.31. The quantitative estimate of drug-likeness (QED) is 0.307. The number of hydrogen-bond acceptors (Lipinski definition) is 2. The molecule has 2 aliphatic carbocycles. The number of ether oxygens (including phenoxy) is 1. The summed E-state index contributed by atoms with van der Waals surface area (Å²) >= 11 is 0. The number of rotatable bonds is 3. The van der Waals surface area contributed by atoms with Gasteiger partial charge in [0.05, 0.1) is 6.61 Å². The molecule has 2 rings (SSSR count). The van der Waals surface area contributed by atoms with E-state index in [1.807, 2.05) is 37.1 Å². The van der Waals surface area contributed by atoms with Crippen LogP contribution < -0.4 is 103 Å². The molecule has 0 heterocycles. The summed E-state index contributed by atoms with van der Waals surface area (Å²) in [6, 6.07) is 0. The minimum absolute atomic E-state index is 0. The van der Waals surface area contributed by atoms with Crippen molar-refractivity contribution in [3.8, 4) is 0 Å². The van der Waals surface area contributed by atoms with Crippen LogP contribution in [-0.4, -0.2) is 12.6 Å². The van der Waals surface area contributed by atoms with Crippen molar-refractivity contribution in [2.24, 2.45) is 11.8 Å². The minimum Gasteiger partial charge on any atom is -0.467 e. The van der Waals surface area contributed by atoms with Crippen molar-refractivity contribution < 1.29 is 112 Å². The van der Waals surface area contributed by atoms with Crippen LogP contribution in [0.25, 0.3) is 0 Å². The molecule has 0 N–H and O–H groups in total.